The van der Waals surface area contributed by atoms with E-state index < -0.39 is 5.79 Å². The maximum absolute atomic E-state index is 5.28. The minimum Gasteiger partial charge on any atom is -0.349 e. The number of benzene rings is 1. The van der Waals surface area contributed by atoms with Gasteiger partial charge in [-0.25, -0.2) is 0 Å². The average Bonchev–Trinajstić information content (AvgIpc) is 2.18. The Morgan fingerprint density at radius 2 is 1.54 bits per heavy atom. The van der Waals surface area contributed by atoms with Gasteiger partial charge in [0.05, 0.1) is 0 Å². The molecule has 72 valence electrons. The van der Waals surface area contributed by atoms with E-state index in [0.29, 0.717) is 0 Å². The van der Waals surface area contributed by atoms with Crippen LogP contribution in [0.4, 0.5) is 0 Å². The van der Waals surface area contributed by atoms with Crippen molar-refractivity contribution < 1.29 is 9.47 Å². The van der Waals surface area contributed by atoms with Gasteiger partial charge in [0.25, 0.3) is 0 Å². The molecule has 0 N–H and O–H groups in total. The van der Waals surface area contributed by atoms with Crippen LogP contribution in [0.15, 0.2) is 28.7 Å². The van der Waals surface area contributed by atoms with E-state index in [9.17, 15) is 0 Å². The minimum atomic E-state index is -0.652. The summed E-state index contributed by atoms with van der Waals surface area (Å²) in [6, 6.07) is 7.87. The van der Waals surface area contributed by atoms with Gasteiger partial charge >= 0.3 is 0 Å². The SMILES string of the molecule is COC(C)(OC)c1ccc(Br)cc1. The summed E-state index contributed by atoms with van der Waals surface area (Å²) in [7, 11) is 3.26. The third-order valence-electron chi connectivity index (χ3n) is 2.15. The van der Waals surface area contributed by atoms with Gasteiger partial charge in [-0.15, -0.1) is 0 Å². The van der Waals surface area contributed by atoms with Crippen molar-refractivity contribution in [1.29, 1.82) is 0 Å². The van der Waals surface area contributed by atoms with E-state index in [1.54, 1.807) is 14.2 Å². The number of hydrogen-bond donors (Lipinski definition) is 0. The van der Waals surface area contributed by atoms with Crippen molar-refractivity contribution in [3.63, 3.8) is 0 Å². The molecular weight excluding hydrogens is 232 g/mol. The second kappa shape index (κ2) is 4.22. The molecule has 0 aliphatic heterocycles. The van der Waals surface area contributed by atoms with Crippen molar-refractivity contribution in [1.82, 2.24) is 0 Å². The summed E-state index contributed by atoms with van der Waals surface area (Å²) in [6.45, 7) is 1.89. The lowest BCUT2D eigenvalue weighted by molar-refractivity contribution is -0.201. The quantitative estimate of drug-likeness (QED) is 0.762. The molecule has 0 heterocycles. The second-order valence-electron chi connectivity index (χ2n) is 2.86. The number of rotatable bonds is 3. The molecule has 3 heteroatoms. The van der Waals surface area contributed by atoms with Gasteiger partial charge in [-0.3, -0.25) is 0 Å². The first-order chi connectivity index (χ1) is 6.12. The maximum Gasteiger partial charge on any atom is 0.191 e. The molecule has 0 atom stereocenters. The molecule has 2 nitrogen and oxygen atoms in total. The molecule has 0 fully saturated rings. The largest absolute Gasteiger partial charge is 0.349 e. The minimum absolute atomic E-state index is 0.652. The van der Waals surface area contributed by atoms with Crippen LogP contribution in [0, 0.1) is 0 Å². The van der Waals surface area contributed by atoms with E-state index in [1.165, 1.54) is 0 Å². The maximum atomic E-state index is 5.28. The Bertz CT molecular complexity index is 265. The summed E-state index contributed by atoms with van der Waals surface area (Å²) >= 11 is 3.37. The molecule has 0 saturated heterocycles. The second-order valence-corrected chi connectivity index (χ2v) is 3.78. The molecule has 1 aromatic rings. The van der Waals surface area contributed by atoms with Crippen LogP contribution in [0.2, 0.25) is 0 Å². The fraction of sp³-hybridized carbons (Fsp3) is 0.400. The third kappa shape index (κ3) is 2.30. The van der Waals surface area contributed by atoms with Crippen LogP contribution in [-0.4, -0.2) is 14.2 Å². The van der Waals surface area contributed by atoms with Crippen LogP contribution in [0.3, 0.4) is 0 Å². The predicted molar refractivity (Wildman–Crippen MR) is 55.5 cm³/mol. The van der Waals surface area contributed by atoms with Gasteiger partial charge in [0.15, 0.2) is 5.79 Å². The van der Waals surface area contributed by atoms with Crippen molar-refractivity contribution in [2.45, 2.75) is 12.7 Å². The molecule has 1 aromatic carbocycles. The molecule has 1 rings (SSSR count). The Labute approximate surface area is 87.0 Å². The van der Waals surface area contributed by atoms with Crippen molar-refractivity contribution >= 4 is 15.9 Å². The summed E-state index contributed by atoms with van der Waals surface area (Å²) in [4.78, 5) is 0. The number of hydrogen-bond acceptors (Lipinski definition) is 2. The monoisotopic (exact) mass is 244 g/mol. The zero-order valence-electron chi connectivity index (χ0n) is 8.00. The molecular formula is C10H13BrO2. The molecule has 0 radical (unpaired) electrons. The number of ether oxygens (including phenoxy) is 2. The van der Waals surface area contributed by atoms with Crippen LogP contribution in [0.1, 0.15) is 12.5 Å². The fourth-order valence-electron chi connectivity index (χ4n) is 1.07. The third-order valence-corrected chi connectivity index (χ3v) is 2.68. The zero-order chi connectivity index (χ0) is 9.90. The van der Waals surface area contributed by atoms with Gasteiger partial charge in [0.1, 0.15) is 0 Å². The van der Waals surface area contributed by atoms with E-state index in [0.717, 1.165) is 10.0 Å². The molecule has 0 aliphatic rings. The lowest BCUT2D eigenvalue weighted by Gasteiger charge is -2.26. The lowest BCUT2D eigenvalue weighted by Crippen LogP contribution is -2.26. The Morgan fingerprint density at radius 1 is 1.08 bits per heavy atom. The van der Waals surface area contributed by atoms with Crippen molar-refractivity contribution in [3.8, 4) is 0 Å². The first kappa shape index (κ1) is 10.7. The fourth-order valence-corrected chi connectivity index (χ4v) is 1.34. The van der Waals surface area contributed by atoms with Crippen molar-refractivity contribution in [2.75, 3.05) is 14.2 Å². The molecule has 0 unspecified atom stereocenters. The topological polar surface area (TPSA) is 18.5 Å². The normalized spacial score (nSPS) is 11.7. The average molecular weight is 245 g/mol. The number of methoxy groups -OCH3 is 2. The van der Waals surface area contributed by atoms with Gasteiger partial charge in [-0.1, -0.05) is 28.1 Å². The zero-order valence-corrected chi connectivity index (χ0v) is 9.59. The highest BCUT2D eigenvalue weighted by Crippen LogP contribution is 2.26. The van der Waals surface area contributed by atoms with E-state index in [4.69, 9.17) is 9.47 Å². The molecule has 0 bridgehead atoms. The van der Waals surface area contributed by atoms with Crippen molar-refractivity contribution in [2.24, 2.45) is 0 Å². The Hall–Kier alpha value is -0.380. The summed E-state index contributed by atoms with van der Waals surface area (Å²) < 4.78 is 11.6. The van der Waals surface area contributed by atoms with E-state index in [2.05, 4.69) is 15.9 Å². The van der Waals surface area contributed by atoms with Crippen molar-refractivity contribution in [3.05, 3.63) is 34.3 Å². The van der Waals surface area contributed by atoms with Crippen LogP contribution in [-0.2, 0) is 15.3 Å². The summed E-state index contributed by atoms with van der Waals surface area (Å²) in [5.41, 5.74) is 1.00. The summed E-state index contributed by atoms with van der Waals surface area (Å²) in [6.07, 6.45) is 0. The van der Waals surface area contributed by atoms with Crippen LogP contribution < -0.4 is 0 Å². The molecule has 0 aliphatic carbocycles. The predicted octanol–water partition coefficient (Wildman–Crippen LogP) is 2.91. The first-order valence-corrected chi connectivity index (χ1v) is 4.78. The van der Waals surface area contributed by atoms with Gasteiger partial charge in [-0.2, -0.15) is 0 Å². The molecule has 0 saturated carbocycles. The Morgan fingerprint density at radius 3 is 1.92 bits per heavy atom. The molecule has 13 heavy (non-hydrogen) atoms. The smallest absolute Gasteiger partial charge is 0.191 e. The molecule has 0 amide bonds. The Balaban J connectivity index is 2.99. The standard InChI is InChI=1S/C10H13BrO2/c1-10(12-2,13-3)8-4-6-9(11)7-5-8/h4-7H,1-3H3. The highest BCUT2D eigenvalue weighted by molar-refractivity contribution is 9.10. The van der Waals surface area contributed by atoms with Gasteiger partial charge in [0, 0.05) is 24.3 Å². The first-order valence-electron chi connectivity index (χ1n) is 3.99. The highest BCUT2D eigenvalue weighted by Gasteiger charge is 2.24. The van der Waals surface area contributed by atoms with Gasteiger partial charge in [0.2, 0.25) is 0 Å². The van der Waals surface area contributed by atoms with E-state index >= 15 is 0 Å². The summed E-state index contributed by atoms with van der Waals surface area (Å²) in [5, 5.41) is 0. The lowest BCUT2D eigenvalue weighted by atomic mass is 10.1. The highest BCUT2D eigenvalue weighted by atomic mass is 79.9. The number of halogens is 1. The molecule has 0 aromatic heterocycles. The molecule has 0 spiro atoms. The van der Waals surface area contributed by atoms with E-state index in [-0.39, 0.29) is 0 Å². The summed E-state index contributed by atoms with van der Waals surface area (Å²) in [5.74, 6) is -0.652. The van der Waals surface area contributed by atoms with Crippen LogP contribution >= 0.6 is 15.9 Å². The van der Waals surface area contributed by atoms with Gasteiger partial charge < -0.3 is 9.47 Å². The van der Waals surface area contributed by atoms with Crippen LogP contribution in [0.5, 0.6) is 0 Å². The van der Waals surface area contributed by atoms with E-state index in [1.807, 2.05) is 31.2 Å². The van der Waals surface area contributed by atoms with Gasteiger partial charge in [-0.05, 0) is 19.1 Å². The Kier molecular flexibility index (Phi) is 3.47. The van der Waals surface area contributed by atoms with Crippen LogP contribution in [0.25, 0.3) is 0 Å².